The van der Waals surface area contributed by atoms with Crippen molar-refractivity contribution in [1.29, 1.82) is 0 Å². The summed E-state index contributed by atoms with van der Waals surface area (Å²) in [6.45, 7) is 1.50. The van der Waals surface area contributed by atoms with Crippen LogP contribution in [-0.4, -0.2) is 44.1 Å². The van der Waals surface area contributed by atoms with E-state index in [1.165, 1.54) is 0 Å². The van der Waals surface area contributed by atoms with Crippen molar-refractivity contribution in [3.05, 3.63) is 54.1 Å². The van der Waals surface area contributed by atoms with Crippen molar-refractivity contribution >= 4 is 16.9 Å². The molecule has 0 spiro atoms. The van der Waals surface area contributed by atoms with Gasteiger partial charge in [-0.3, -0.25) is 14.9 Å². The summed E-state index contributed by atoms with van der Waals surface area (Å²) in [7, 11) is 0. The molecule has 1 amide bonds. The monoisotopic (exact) mass is 307 g/mol. The summed E-state index contributed by atoms with van der Waals surface area (Å²) in [5.74, 6) is 0.454. The highest BCUT2D eigenvalue weighted by Crippen LogP contribution is 2.31. The fourth-order valence-electron chi connectivity index (χ4n) is 3.22. The van der Waals surface area contributed by atoms with E-state index < -0.39 is 0 Å². The molecule has 0 radical (unpaired) electrons. The summed E-state index contributed by atoms with van der Waals surface area (Å²) in [5.41, 5.74) is 2.56. The van der Waals surface area contributed by atoms with Gasteiger partial charge in [0.1, 0.15) is 0 Å². The minimum Gasteiger partial charge on any atom is -0.339 e. The minimum atomic E-state index is 0.0627. The van der Waals surface area contributed by atoms with Crippen molar-refractivity contribution in [3.8, 4) is 0 Å². The number of hydrogen-bond acceptors (Lipinski definition) is 4. The second-order valence-corrected chi connectivity index (χ2v) is 5.82. The molecule has 1 fully saturated rings. The molecule has 116 valence electrons. The van der Waals surface area contributed by atoms with Crippen molar-refractivity contribution in [2.45, 2.75) is 18.8 Å². The number of fused-ring (bicyclic) bond motifs is 1. The average Bonchev–Trinajstić information content (AvgIpc) is 3.06. The smallest absolute Gasteiger partial charge is 0.255 e. The zero-order valence-electron chi connectivity index (χ0n) is 12.6. The number of H-pyrrole nitrogens is 1. The number of carbonyl (C=O) groups excluding carboxylic acids is 1. The Kier molecular flexibility index (Phi) is 3.49. The zero-order chi connectivity index (χ0) is 15.6. The summed E-state index contributed by atoms with van der Waals surface area (Å²) in [6, 6.07) is 7.59. The summed E-state index contributed by atoms with van der Waals surface area (Å²) < 4.78 is 0. The van der Waals surface area contributed by atoms with E-state index >= 15 is 0 Å². The molecule has 0 unspecified atom stereocenters. The van der Waals surface area contributed by atoms with E-state index in [0.29, 0.717) is 11.5 Å². The molecule has 0 atom stereocenters. The standard InChI is InChI=1S/C17H17N5O/c23-17(13-3-1-7-18-11-13)22-9-5-12(6-10-22)15-14-4-2-8-19-16(14)21-20-15/h1-4,7-8,11-12H,5-6,9-10H2,(H,19,20,21). The maximum Gasteiger partial charge on any atom is 0.255 e. The lowest BCUT2D eigenvalue weighted by Crippen LogP contribution is -2.38. The van der Waals surface area contributed by atoms with E-state index in [9.17, 15) is 4.79 Å². The lowest BCUT2D eigenvalue weighted by Gasteiger charge is -2.31. The number of rotatable bonds is 2. The molecule has 0 aliphatic carbocycles. The maximum absolute atomic E-state index is 12.5. The fraction of sp³-hybridized carbons (Fsp3) is 0.294. The number of aromatic amines is 1. The first-order chi connectivity index (χ1) is 11.3. The van der Waals surface area contributed by atoms with Crippen LogP contribution in [0.25, 0.3) is 11.0 Å². The van der Waals surface area contributed by atoms with Gasteiger partial charge in [0.05, 0.1) is 5.56 Å². The number of nitrogens with one attached hydrogen (secondary N) is 1. The Morgan fingerprint density at radius 1 is 1.17 bits per heavy atom. The van der Waals surface area contributed by atoms with Gasteiger partial charge < -0.3 is 4.90 Å². The molecule has 4 heterocycles. The Morgan fingerprint density at radius 3 is 2.78 bits per heavy atom. The number of carbonyl (C=O) groups is 1. The number of likely N-dealkylation sites (tertiary alicyclic amines) is 1. The van der Waals surface area contributed by atoms with Crippen LogP contribution in [0.15, 0.2) is 42.9 Å². The SMILES string of the molecule is O=C(c1cccnc1)N1CCC(c2[nH]nc3ncccc23)CC1. The molecule has 1 aliphatic rings. The number of piperidine rings is 1. The van der Waals surface area contributed by atoms with Crippen LogP contribution in [0.3, 0.4) is 0 Å². The largest absolute Gasteiger partial charge is 0.339 e. The highest BCUT2D eigenvalue weighted by atomic mass is 16.2. The molecule has 1 saturated heterocycles. The lowest BCUT2D eigenvalue weighted by molar-refractivity contribution is 0.0712. The third-order valence-electron chi connectivity index (χ3n) is 4.46. The second-order valence-electron chi connectivity index (χ2n) is 5.82. The van der Waals surface area contributed by atoms with E-state index in [0.717, 1.165) is 42.7 Å². The van der Waals surface area contributed by atoms with E-state index in [-0.39, 0.29) is 5.91 Å². The molecule has 1 aliphatic heterocycles. The predicted molar refractivity (Wildman–Crippen MR) is 86.0 cm³/mol. The van der Waals surface area contributed by atoms with Crippen LogP contribution in [0.4, 0.5) is 0 Å². The van der Waals surface area contributed by atoms with Gasteiger partial charge in [0.2, 0.25) is 0 Å². The van der Waals surface area contributed by atoms with E-state index in [2.05, 4.69) is 20.2 Å². The third-order valence-corrected chi connectivity index (χ3v) is 4.46. The summed E-state index contributed by atoms with van der Waals surface area (Å²) >= 11 is 0. The van der Waals surface area contributed by atoms with Gasteiger partial charge in [0.25, 0.3) is 5.91 Å². The first-order valence-corrected chi connectivity index (χ1v) is 7.81. The Hall–Kier alpha value is -2.76. The minimum absolute atomic E-state index is 0.0627. The quantitative estimate of drug-likeness (QED) is 0.788. The number of nitrogens with zero attached hydrogens (tertiary/aromatic N) is 4. The van der Waals surface area contributed by atoms with Crippen molar-refractivity contribution in [1.82, 2.24) is 25.1 Å². The second kappa shape index (κ2) is 5.79. The van der Waals surface area contributed by atoms with E-state index in [1.54, 1.807) is 24.7 Å². The summed E-state index contributed by atoms with van der Waals surface area (Å²) in [4.78, 5) is 22.7. The van der Waals surface area contributed by atoms with Gasteiger partial charge >= 0.3 is 0 Å². The van der Waals surface area contributed by atoms with Crippen molar-refractivity contribution < 1.29 is 4.79 Å². The zero-order valence-corrected chi connectivity index (χ0v) is 12.6. The van der Waals surface area contributed by atoms with Crippen molar-refractivity contribution in [2.24, 2.45) is 0 Å². The molecular formula is C17H17N5O. The average molecular weight is 307 g/mol. The molecule has 0 saturated carbocycles. The van der Waals surface area contributed by atoms with Gasteiger partial charge in [-0.15, -0.1) is 0 Å². The molecule has 3 aromatic heterocycles. The molecule has 3 aromatic rings. The van der Waals surface area contributed by atoms with Crippen LogP contribution >= 0.6 is 0 Å². The molecule has 0 aromatic carbocycles. The Morgan fingerprint density at radius 2 is 2.00 bits per heavy atom. The summed E-state index contributed by atoms with van der Waals surface area (Å²) in [5, 5.41) is 8.49. The fourth-order valence-corrected chi connectivity index (χ4v) is 3.22. The summed E-state index contributed by atoms with van der Waals surface area (Å²) in [6.07, 6.45) is 6.92. The highest BCUT2D eigenvalue weighted by molar-refractivity contribution is 5.94. The van der Waals surface area contributed by atoms with Crippen LogP contribution in [0.5, 0.6) is 0 Å². The Labute approximate surface area is 133 Å². The first kappa shape index (κ1) is 13.9. The molecule has 0 bridgehead atoms. The topological polar surface area (TPSA) is 74.8 Å². The Bertz CT molecular complexity index is 821. The van der Waals surface area contributed by atoms with E-state index in [1.807, 2.05) is 23.1 Å². The van der Waals surface area contributed by atoms with Gasteiger partial charge in [0, 0.05) is 48.7 Å². The lowest BCUT2D eigenvalue weighted by atomic mass is 9.92. The normalized spacial score (nSPS) is 15.9. The predicted octanol–water partition coefficient (Wildman–Crippen LogP) is 2.37. The van der Waals surface area contributed by atoms with Gasteiger partial charge in [-0.05, 0) is 37.1 Å². The van der Waals surface area contributed by atoms with Gasteiger partial charge in [-0.1, -0.05) is 0 Å². The van der Waals surface area contributed by atoms with E-state index in [4.69, 9.17) is 0 Å². The van der Waals surface area contributed by atoms with Crippen LogP contribution in [0, 0.1) is 0 Å². The molecule has 6 nitrogen and oxygen atoms in total. The molecule has 1 N–H and O–H groups in total. The van der Waals surface area contributed by atoms with Crippen molar-refractivity contribution in [3.63, 3.8) is 0 Å². The van der Waals surface area contributed by atoms with Gasteiger partial charge in [-0.25, -0.2) is 4.98 Å². The molecule has 6 heteroatoms. The number of aromatic nitrogens is 4. The van der Waals surface area contributed by atoms with Crippen molar-refractivity contribution in [2.75, 3.05) is 13.1 Å². The van der Waals surface area contributed by atoms with Crippen LogP contribution in [0.2, 0.25) is 0 Å². The number of amides is 1. The highest BCUT2D eigenvalue weighted by Gasteiger charge is 2.26. The van der Waals surface area contributed by atoms with Gasteiger partial charge in [-0.2, -0.15) is 5.10 Å². The van der Waals surface area contributed by atoms with Crippen LogP contribution < -0.4 is 0 Å². The molecule has 4 rings (SSSR count). The maximum atomic E-state index is 12.5. The third kappa shape index (κ3) is 2.56. The molecule has 23 heavy (non-hydrogen) atoms. The van der Waals surface area contributed by atoms with Crippen LogP contribution in [0.1, 0.15) is 34.8 Å². The first-order valence-electron chi connectivity index (χ1n) is 7.81. The number of hydrogen-bond donors (Lipinski definition) is 1. The number of pyridine rings is 2. The Balaban J connectivity index is 1.48. The molecular weight excluding hydrogens is 290 g/mol. The van der Waals surface area contributed by atoms with Gasteiger partial charge in [0.15, 0.2) is 5.65 Å². The van der Waals surface area contributed by atoms with Crippen LogP contribution in [-0.2, 0) is 0 Å².